The van der Waals surface area contributed by atoms with Gasteiger partial charge in [0.2, 0.25) is 6.23 Å². The summed E-state index contributed by atoms with van der Waals surface area (Å²) in [5.74, 6) is -3.79. The first kappa shape index (κ1) is 22.1. The summed E-state index contributed by atoms with van der Waals surface area (Å²) in [5, 5.41) is 21.3. The SMILES string of the molecule is N=CC1=C(Nc2ccccc2)CCN(C[C@H]2O[C@@H](n3ccc(N)nc3=O)C(F)(F)[C@@H]2O)C1. The van der Waals surface area contributed by atoms with Crippen LogP contribution in [0.1, 0.15) is 12.6 Å². The first-order valence-electron chi connectivity index (χ1n) is 10.1. The molecule has 9 nitrogen and oxygen atoms in total. The van der Waals surface area contributed by atoms with E-state index in [1.165, 1.54) is 12.3 Å². The third-order valence-electron chi connectivity index (χ3n) is 5.62. The molecular formula is C21H24F2N6O3. The third-order valence-corrected chi connectivity index (χ3v) is 5.62. The van der Waals surface area contributed by atoms with E-state index in [1.54, 1.807) is 0 Å². The lowest BCUT2D eigenvalue weighted by atomic mass is 10.0. The van der Waals surface area contributed by atoms with E-state index < -0.39 is 30.0 Å². The van der Waals surface area contributed by atoms with E-state index in [1.807, 2.05) is 35.2 Å². The van der Waals surface area contributed by atoms with Crippen molar-refractivity contribution in [1.82, 2.24) is 14.5 Å². The van der Waals surface area contributed by atoms with Gasteiger partial charge in [-0.05, 0) is 18.2 Å². The fraction of sp³-hybridized carbons (Fsp3) is 0.381. The topological polar surface area (TPSA) is 129 Å². The van der Waals surface area contributed by atoms with Crippen LogP contribution in [0.15, 0.2) is 58.7 Å². The van der Waals surface area contributed by atoms with Gasteiger partial charge in [0.25, 0.3) is 0 Å². The zero-order valence-corrected chi connectivity index (χ0v) is 17.1. The quantitative estimate of drug-likeness (QED) is 0.494. The van der Waals surface area contributed by atoms with Gasteiger partial charge in [-0.25, -0.2) is 4.79 Å². The molecule has 0 aliphatic carbocycles. The number of aromatic nitrogens is 2. The highest BCUT2D eigenvalue weighted by atomic mass is 19.3. The summed E-state index contributed by atoms with van der Waals surface area (Å²) in [4.78, 5) is 17.3. The van der Waals surface area contributed by atoms with Crippen molar-refractivity contribution in [1.29, 1.82) is 5.41 Å². The Morgan fingerprint density at radius 3 is 2.78 bits per heavy atom. The second-order valence-corrected chi connectivity index (χ2v) is 7.81. The Labute approximate surface area is 182 Å². The molecule has 1 fully saturated rings. The molecule has 1 aromatic carbocycles. The first-order valence-corrected chi connectivity index (χ1v) is 10.1. The molecule has 3 atom stereocenters. The first-order chi connectivity index (χ1) is 15.3. The number of aliphatic hydroxyl groups is 1. The van der Waals surface area contributed by atoms with Crippen LogP contribution >= 0.6 is 0 Å². The molecule has 11 heteroatoms. The molecule has 1 aromatic heterocycles. The predicted octanol–water partition coefficient (Wildman–Crippen LogP) is 1.44. The monoisotopic (exact) mass is 446 g/mol. The molecule has 32 heavy (non-hydrogen) atoms. The van der Waals surface area contributed by atoms with Gasteiger partial charge < -0.3 is 26.3 Å². The number of hydrogen-bond acceptors (Lipinski definition) is 8. The van der Waals surface area contributed by atoms with Crippen molar-refractivity contribution in [2.45, 2.75) is 30.8 Å². The molecular weight excluding hydrogens is 422 g/mol. The number of ether oxygens (including phenoxy) is 1. The Hall–Kier alpha value is -3.15. The fourth-order valence-electron chi connectivity index (χ4n) is 3.95. The lowest BCUT2D eigenvalue weighted by Gasteiger charge is -2.32. The number of nitrogens with zero attached hydrogens (tertiary/aromatic N) is 3. The van der Waals surface area contributed by atoms with Gasteiger partial charge in [-0.2, -0.15) is 13.8 Å². The van der Waals surface area contributed by atoms with Crippen LogP contribution in [-0.4, -0.2) is 63.5 Å². The van der Waals surface area contributed by atoms with Crippen LogP contribution in [-0.2, 0) is 4.74 Å². The Balaban J connectivity index is 1.47. The van der Waals surface area contributed by atoms with Gasteiger partial charge in [0.1, 0.15) is 18.0 Å². The standard InChI is InChI=1S/C21H24F2N6O3/c22-21(23)18(30)16(32-19(21)29-9-7-17(25)27-20(29)31)12-28-8-6-15(13(10-24)11-28)26-14-4-2-1-3-5-14/h1-5,7,9-10,16,18-19,24,26,30H,6,8,11-12H2,(H2,25,27,31)/t16-,18-,19-/m1/s1. The van der Waals surface area contributed by atoms with Gasteiger partial charge in [-0.3, -0.25) is 9.47 Å². The second-order valence-electron chi connectivity index (χ2n) is 7.81. The van der Waals surface area contributed by atoms with Gasteiger partial charge in [-0.1, -0.05) is 18.2 Å². The third kappa shape index (κ3) is 4.27. The van der Waals surface area contributed by atoms with Crippen molar-refractivity contribution < 1.29 is 18.6 Å². The summed E-state index contributed by atoms with van der Waals surface area (Å²) in [7, 11) is 0. The van der Waals surface area contributed by atoms with Crippen molar-refractivity contribution in [2.75, 3.05) is 30.7 Å². The summed E-state index contributed by atoms with van der Waals surface area (Å²) < 4.78 is 35.6. The fourth-order valence-corrected chi connectivity index (χ4v) is 3.95. The Bertz CT molecular complexity index is 1070. The molecule has 0 radical (unpaired) electrons. The smallest absolute Gasteiger partial charge is 0.351 e. The maximum atomic E-state index is 14.8. The van der Waals surface area contributed by atoms with E-state index in [2.05, 4.69) is 10.3 Å². The largest absolute Gasteiger partial charge is 0.384 e. The van der Waals surface area contributed by atoms with Crippen molar-refractivity contribution in [2.24, 2.45) is 0 Å². The number of halogens is 2. The lowest BCUT2D eigenvalue weighted by molar-refractivity contribution is -0.140. The molecule has 170 valence electrons. The van der Waals surface area contributed by atoms with E-state index in [0.717, 1.165) is 23.2 Å². The maximum absolute atomic E-state index is 14.8. The van der Waals surface area contributed by atoms with Gasteiger partial charge in [0.05, 0.1) is 0 Å². The summed E-state index contributed by atoms with van der Waals surface area (Å²) in [6.07, 6.45) is -2.43. The number of nitrogens with one attached hydrogen (secondary N) is 2. The predicted molar refractivity (Wildman–Crippen MR) is 115 cm³/mol. The zero-order chi connectivity index (χ0) is 22.9. The molecule has 0 amide bonds. The maximum Gasteiger partial charge on any atom is 0.351 e. The van der Waals surface area contributed by atoms with E-state index in [0.29, 0.717) is 24.1 Å². The highest BCUT2D eigenvalue weighted by molar-refractivity contribution is 5.79. The number of rotatable bonds is 6. The molecule has 0 saturated carbocycles. The molecule has 2 aliphatic heterocycles. The Morgan fingerprint density at radius 1 is 1.34 bits per heavy atom. The molecule has 3 heterocycles. The van der Waals surface area contributed by atoms with Crippen molar-refractivity contribution in [3.05, 3.63) is 64.3 Å². The number of aliphatic hydroxyl groups excluding tert-OH is 1. The number of hydrogen-bond donors (Lipinski definition) is 4. The number of nitrogens with two attached hydrogens (primary N) is 1. The molecule has 0 spiro atoms. The van der Waals surface area contributed by atoms with Crippen LogP contribution in [0.25, 0.3) is 0 Å². The minimum atomic E-state index is -3.69. The van der Waals surface area contributed by atoms with Crippen molar-refractivity contribution in [3.8, 4) is 0 Å². The van der Waals surface area contributed by atoms with Gasteiger partial charge in [0, 0.05) is 55.4 Å². The van der Waals surface area contributed by atoms with E-state index >= 15 is 0 Å². The second kappa shape index (κ2) is 8.77. The average Bonchev–Trinajstić information content (AvgIpc) is 2.99. The number of alkyl halides is 2. The van der Waals surface area contributed by atoms with Gasteiger partial charge >= 0.3 is 11.6 Å². The van der Waals surface area contributed by atoms with Crippen LogP contribution in [0.5, 0.6) is 0 Å². The highest BCUT2D eigenvalue weighted by Gasteiger charge is 2.59. The summed E-state index contributed by atoms with van der Waals surface area (Å²) in [6.45, 7) is 0.879. The summed E-state index contributed by atoms with van der Waals surface area (Å²) >= 11 is 0. The van der Waals surface area contributed by atoms with Crippen LogP contribution in [0.3, 0.4) is 0 Å². The molecule has 4 rings (SSSR count). The minimum absolute atomic E-state index is 0.0143. The van der Waals surface area contributed by atoms with Crippen molar-refractivity contribution >= 4 is 17.7 Å². The minimum Gasteiger partial charge on any atom is -0.384 e. The lowest BCUT2D eigenvalue weighted by Crippen LogP contribution is -2.45. The van der Waals surface area contributed by atoms with Crippen LogP contribution in [0, 0.1) is 5.41 Å². The van der Waals surface area contributed by atoms with E-state index in [4.69, 9.17) is 15.9 Å². The molecule has 0 bridgehead atoms. The van der Waals surface area contributed by atoms with Gasteiger partial charge in [0.15, 0.2) is 0 Å². The van der Waals surface area contributed by atoms with Crippen LogP contribution < -0.4 is 16.7 Å². The zero-order valence-electron chi connectivity index (χ0n) is 17.1. The number of nitrogen functional groups attached to an aromatic ring is 1. The molecule has 0 unspecified atom stereocenters. The average molecular weight is 446 g/mol. The molecule has 2 aliphatic rings. The number of anilines is 2. The summed E-state index contributed by atoms with van der Waals surface area (Å²) in [6, 6.07) is 10.8. The number of benzene rings is 1. The van der Waals surface area contributed by atoms with Gasteiger partial charge in [-0.15, -0.1) is 0 Å². The van der Waals surface area contributed by atoms with Crippen LogP contribution in [0.4, 0.5) is 20.3 Å². The molecule has 5 N–H and O–H groups in total. The number of para-hydroxylation sites is 1. The highest BCUT2D eigenvalue weighted by Crippen LogP contribution is 2.42. The Kier molecular flexibility index (Phi) is 6.04. The molecule has 2 aromatic rings. The molecule has 1 saturated heterocycles. The van der Waals surface area contributed by atoms with Crippen LogP contribution in [0.2, 0.25) is 0 Å². The van der Waals surface area contributed by atoms with E-state index in [-0.39, 0.29) is 12.4 Å². The summed E-state index contributed by atoms with van der Waals surface area (Å²) in [5.41, 5.74) is 6.94. The Morgan fingerprint density at radius 2 is 2.09 bits per heavy atom. The van der Waals surface area contributed by atoms with E-state index in [9.17, 15) is 18.7 Å². The normalized spacial score (nSPS) is 25.7. The van der Waals surface area contributed by atoms with Crippen molar-refractivity contribution in [3.63, 3.8) is 0 Å².